The van der Waals surface area contributed by atoms with Crippen LogP contribution in [0.25, 0.3) is 0 Å². The van der Waals surface area contributed by atoms with Crippen LogP contribution < -0.4 is 5.32 Å². The van der Waals surface area contributed by atoms with Crippen molar-refractivity contribution >= 4 is 5.91 Å². The summed E-state index contributed by atoms with van der Waals surface area (Å²) in [6.07, 6.45) is 4.38. The van der Waals surface area contributed by atoms with E-state index in [1.165, 1.54) is 12.8 Å². The standard InChI is InChI=1S/C15H29N3O/c1-3-13(4-2)15(19)18-9-5-6-14(12-18)17-10-7-16-8-11-17/h13-14,16H,3-12H2,1-2H3. The number of likely N-dealkylation sites (tertiary alicyclic amines) is 1. The Morgan fingerprint density at radius 2 is 1.89 bits per heavy atom. The van der Waals surface area contributed by atoms with Gasteiger partial charge >= 0.3 is 0 Å². The van der Waals surface area contributed by atoms with Gasteiger partial charge in [-0.3, -0.25) is 9.69 Å². The fourth-order valence-electron chi connectivity index (χ4n) is 3.40. The van der Waals surface area contributed by atoms with Crippen molar-refractivity contribution in [3.63, 3.8) is 0 Å². The number of rotatable bonds is 4. The van der Waals surface area contributed by atoms with Crippen molar-refractivity contribution in [3.05, 3.63) is 0 Å². The van der Waals surface area contributed by atoms with E-state index in [2.05, 4.69) is 29.0 Å². The summed E-state index contributed by atoms with van der Waals surface area (Å²) in [5, 5.41) is 3.40. The zero-order valence-electron chi connectivity index (χ0n) is 12.5. The average Bonchev–Trinajstić information content (AvgIpc) is 2.49. The first-order valence-electron chi connectivity index (χ1n) is 7.99. The number of piperidine rings is 1. The normalized spacial score (nSPS) is 25.8. The summed E-state index contributed by atoms with van der Waals surface area (Å²) in [5.74, 6) is 0.631. The Labute approximate surface area is 117 Å². The molecule has 0 aromatic carbocycles. The third-order valence-electron chi connectivity index (χ3n) is 4.71. The summed E-state index contributed by atoms with van der Waals surface area (Å²) in [6, 6.07) is 0.592. The number of nitrogens with one attached hydrogen (secondary N) is 1. The summed E-state index contributed by atoms with van der Waals surface area (Å²) < 4.78 is 0. The van der Waals surface area contributed by atoms with Gasteiger partial charge in [0.2, 0.25) is 5.91 Å². The third kappa shape index (κ3) is 3.69. The number of nitrogens with zero attached hydrogens (tertiary/aromatic N) is 2. The minimum absolute atomic E-state index is 0.238. The van der Waals surface area contributed by atoms with E-state index in [1.807, 2.05) is 0 Å². The predicted octanol–water partition coefficient (Wildman–Crippen LogP) is 1.32. The maximum Gasteiger partial charge on any atom is 0.225 e. The van der Waals surface area contributed by atoms with Crippen molar-refractivity contribution in [2.24, 2.45) is 5.92 Å². The maximum absolute atomic E-state index is 12.5. The van der Waals surface area contributed by atoms with Gasteiger partial charge in [0, 0.05) is 51.2 Å². The molecule has 2 aliphatic rings. The summed E-state index contributed by atoms with van der Waals surface area (Å²) in [5.41, 5.74) is 0. The first kappa shape index (κ1) is 14.8. The van der Waals surface area contributed by atoms with Crippen LogP contribution in [0.5, 0.6) is 0 Å². The molecule has 1 N–H and O–H groups in total. The lowest BCUT2D eigenvalue weighted by Crippen LogP contribution is -2.55. The molecule has 2 heterocycles. The highest BCUT2D eigenvalue weighted by Crippen LogP contribution is 2.20. The van der Waals surface area contributed by atoms with Gasteiger partial charge in [0.15, 0.2) is 0 Å². The minimum Gasteiger partial charge on any atom is -0.341 e. The molecular formula is C15H29N3O. The van der Waals surface area contributed by atoms with Crippen molar-refractivity contribution in [1.29, 1.82) is 0 Å². The fourth-order valence-corrected chi connectivity index (χ4v) is 3.40. The van der Waals surface area contributed by atoms with Crippen molar-refractivity contribution in [2.45, 2.75) is 45.6 Å². The van der Waals surface area contributed by atoms with Crippen molar-refractivity contribution in [1.82, 2.24) is 15.1 Å². The number of carbonyl (C=O) groups is 1. The van der Waals surface area contributed by atoms with Gasteiger partial charge in [-0.2, -0.15) is 0 Å². The highest BCUT2D eigenvalue weighted by molar-refractivity contribution is 5.78. The van der Waals surface area contributed by atoms with E-state index >= 15 is 0 Å². The predicted molar refractivity (Wildman–Crippen MR) is 78.1 cm³/mol. The van der Waals surface area contributed by atoms with Crippen molar-refractivity contribution in [2.75, 3.05) is 39.3 Å². The minimum atomic E-state index is 0.238. The molecule has 0 bridgehead atoms. The second-order valence-electron chi connectivity index (χ2n) is 5.88. The lowest BCUT2D eigenvalue weighted by Gasteiger charge is -2.41. The monoisotopic (exact) mass is 267 g/mol. The van der Waals surface area contributed by atoms with Crippen LogP contribution in [-0.4, -0.2) is 61.0 Å². The van der Waals surface area contributed by atoms with Gasteiger partial charge in [-0.05, 0) is 25.7 Å². The molecule has 19 heavy (non-hydrogen) atoms. The molecular weight excluding hydrogens is 238 g/mol. The summed E-state index contributed by atoms with van der Waals surface area (Å²) in [4.78, 5) is 17.2. The molecule has 2 aliphatic heterocycles. The molecule has 0 saturated carbocycles. The third-order valence-corrected chi connectivity index (χ3v) is 4.71. The Morgan fingerprint density at radius 3 is 2.53 bits per heavy atom. The molecule has 1 amide bonds. The van der Waals surface area contributed by atoms with Gasteiger partial charge in [0.1, 0.15) is 0 Å². The number of piperazine rings is 1. The lowest BCUT2D eigenvalue weighted by atomic mass is 9.98. The van der Waals surface area contributed by atoms with Crippen LogP contribution in [-0.2, 0) is 4.79 Å². The number of amides is 1. The SMILES string of the molecule is CCC(CC)C(=O)N1CCCC(N2CCNCC2)C1. The van der Waals surface area contributed by atoms with E-state index in [-0.39, 0.29) is 5.92 Å². The van der Waals surface area contributed by atoms with Gasteiger partial charge < -0.3 is 10.2 Å². The number of carbonyl (C=O) groups excluding carboxylic acids is 1. The second kappa shape index (κ2) is 7.25. The van der Waals surface area contributed by atoms with Crippen LogP contribution in [0.15, 0.2) is 0 Å². The molecule has 0 spiro atoms. The van der Waals surface area contributed by atoms with E-state index in [9.17, 15) is 4.79 Å². The first-order chi connectivity index (χ1) is 9.26. The molecule has 110 valence electrons. The fraction of sp³-hybridized carbons (Fsp3) is 0.933. The lowest BCUT2D eigenvalue weighted by molar-refractivity contribution is -0.138. The van der Waals surface area contributed by atoms with Gasteiger partial charge in [-0.15, -0.1) is 0 Å². The second-order valence-corrected chi connectivity index (χ2v) is 5.88. The average molecular weight is 267 g/mol. The molecule has 2 rings (SSSR count). The van der Waals surface area contributed by atoms with Crippen LogP contribution in [0.3, 0.4) is 0 Å². The zero-order valence-corrected chi connectivity index (χ0v) is 12.5. The Morgan fingerprint density at radius 1 is 1.21 bits per heavy atom. The summed E-state index contributed by atoms with van der Waals surface area (Å²) in [7, 11) is 0. The van der Waals surface area contributed by atoms with Gasteiger partial charge in [-0.25, -0.2) is 0 Å². The molecule has 4 nitrogen and oxygen atoms in total. The number of hydrogen-bond donors (Lipinski definition) is 1. The maximum atomic E-state index is 12.5. The Bertz CT molecular complexity index is 285. The molecule has 2 fully saturated rings. The van der Waals surface area contributed by atoms with Gasteiger partial charge in [0.25, 0.3) is 0 Å². The molecule has 0 radical (unpaired) electrons. The van der Waals surface area contributed by atoms with Crippen LogP contribution in [0.2, 0.25) is 0 Å². The van der Waals surface area contributed by atoms with Crippen molar-refractivity contribution in [3.8, 4) is 0 Å². The van der Waals surface area contributed by atoms with Crippen LogP contribution in [0, 0.1) is 5.92 Å². The Kier molecular flexibility index (Phi) is 5.64. The van der Waals surface area contributed by atoms with E-state index < -0.39 is 0 Å². The van der Waals surface area contributed by atoms with Crippen LogP contribution >= 0.6 is 0 Å². The summed E-state index contributed by atoms with van der Waals surface area (Å²) in [6.45, 7) is 10.6. The molecule has 1 unspecified atom stereocenters. The summed E-state index contributed by atoms with van der Waals surface area (Å²) >= 11 is 0. The highest BCUT2D eigenvalue weighted by Gasteiger charge is 2.30. The molecule has 0 aromatic rings. The van der Waals surface area contributed by atoms with Crippen LogP contribution in [0.1, 0.15) is 39.5 Å². The number of hydrogen-bond acceptors (Lipinski definition) is 3. The largest absolute Gasteiger partial charge is 0.341 e. The van der Waals surface area contributed by atoms with E-state index in [0.717, 1.165) is 52.1 Å². The topological polar surface area (TPSA) is 35.6 Å². The smallest absolute Gasteiger partial charge is 0.225 e. The van der Waals surface area contributed by atoms with Gasteiger partial charge in [0.05, 0.1) is 0 Å². The molecule has 4 heteroatoms. The van der Waals surface area contributed by atoms with E-state index in [1.54, 1.807) is 0 Å². The highest BCUT2D eigenvalue weighted by atomic mass is 16.2. The zero-order chi connectivity index (χ0) is 13.7. The molecule has 0 aromatic heterocycles. The van der Waals surface area contributed by atoms with E-state index in [4.69, 9.17) is 0 Å². The van der Waals surface area contributed by atoms with E-state index in [0.29, 0.717) is 11.9 Å². The molecule has 1 atom stereocenters. The Balaban J connectivity index is 1.90. The first-order valence-corrected chi connectivity index (χ1v) is 7.99. The van der Waals surface area contributed by atoms with Gasteiger partial charge in [-0.1, -0.05) is 13.8 Å². The molecule has 0 aliphatic carbocycles. The van der Waals surface area contributed by atoms with Crippen LogP contribution in [0.4, 0.5) is 0 Å². The van der Waals surface area contributed by atoms with Crippen molar-refractivity contribution < 1.29 is 4.79 Å². The Hall–Kier alpha value is -0.610. The quantitative estimate of drug-likeness (QED) is 0.834. The molecule has 2 saturated heterocycles.